The Balaban J connectivity index is 2.38. The molecule has 2 aromatic rings. The van der Waals surface area contributed by atoms with Gasteiger partial charge in [-0.3, -0.25) is 0 Å². The molecule has 0 saturated heterocycles. The first-order valence-corrected chi connectivity index (χ1v) is 9.43. The summed E-state index contributed by atoms with van der Waals surface area (Å²) in [5.41, 5.74) is 1.11. The van der Waals surface area contributed by atoms with Crippen LogP contribution in [0.1, 0.15) is 27.7 Å². The van der Waals surface area contributed by atoms with Crippen LogP contribution in [0.2, 0.25) is 0 Å². The SMILES string of the molecule is CC(C)N=c1ccc([Se]c2ccccc2)ccc1NC(C)C. The Morgan fingerprint density at radius 2 is 1.45 bits per heavy atom. The summed E-state index contributed by atoms with van der Waals surface area (Å²) in [5, 5.41) is 4.54. The number of hydrogen-bond donors (Lipinski definition) is 1. The molecule has 0 bridgehead atoms. The summed E-state index contributed by atoms with van der Waals surface area (Å²) < 4.78 is 2.75. The summed E-state index contributed by atoms with van der Waals surface area (Å²) in [4.78, 5) is 4.75. The van der Waals surface area contributed by atoms with Gasteiger partial charge in [-0.25, -0.2) is 0 Å². The molecule has 0 aromatic heterocycles. The second-order valence-electron chi connectivity index (χ2n) is 5.80. The Morgan fingerprint density at radius 1 is 0.818 bits per heavy atom. The van der Waals surface area contributed by atoms with Crippen molar-refractivity contribution in [2.75, 3.05) is 5.32 Å². The molecule has 3 heteroatoms. The molecule has 0 fully saturated rings. The number of rotatable bonds is 5. The number of hydrogen-bond acceptors (Lipinski definition) is 2. The standard InChI is InChI=1S/C19H24N2Se/c1-14(2)20-18-12-10-17(11-13-19(18)21-15(3)4)22-16-8-6-5-7-9-16/h5-15H,1-4H3,(H,20,21). The van der Waals surface area contributed by atoms with E-state index >= 15 is 0 Å². The first-order valence-electron chi connectivity index (χ1n) is 7.72. The third-order valence-corrected chi connectivity index (χ3v) is 5.05. The van der Waals surface area contributed by atoms with Gasteiger partial charge in [0.25, 0.3) is 0 Å². The van der Waals surface area contributed by atoms with E-state index in [1.807, 2.05) is 0 Å². The van der Waals surface area contributed by atoms with Gasteiger partial charge in [0.1, 0.15) is 0 Å². The Labute approximate surface area is 139 Å². The summed E-state index contributed by atoms with van der Waals surface area (Å²) >= 11 is 0.324. The first kappa shape index (κ1) is 16.8. The minimum absolute atomic E-state index is 0.290. The molecular formula is C19H24N2Se. The molecule has 0 aliphatic rings. The molecule has 0 saturated carbocycles. The van der Waals surface area contributed by atoms with Crippen LogP contribution in [-0.4, -0.2) is 27.0 Å². The number of benzene rings is 1. The zero-order chi connectivity index (χ0) is 15.9. The molecule has 0 aliphatic heterocycles. The molecule has 0 atom stereocenters. The van der Waals surface area contributed by atoms with E-state index in [-0.39, 0.29) is 6.04 Å². The predicted molar refractivity (Wildman–Crippen MR) is 97.4 cm³/mol. The van der Waals surface area contributed by atoms with Crippen molar-refractivity contribution in [3.63, 3.8) is 0 Å². The zero-order valence-electron chi connectivity index (χ0n) is 13.7. The van der Waals surface area contributed by atoms with Gasteiger partial charge in [-0.15, -0.1) is 0 Å². The van der Waals surface area contributed by atoms with Crippen LogP contribution in [0.15, 0.2) is 59.6 Å². The molecule has 0 spiro atoms. The van der Waals surface area contributed by atoms with Gasteiger partial charge in [-0.1, -0.05) is 0 Å². The first-order chi connectivity index (χ1) is 10.5. The van der Waals surface area contributed by atoms with Crippen molar-refractivity contribution in [2.24, 2.45) is 4.99 Å². The average Bonchev–Trinajstić information content (AvgIpc) is 2.63. The molecule has 1 N–H and O–H groups in total. The molecule has 0 aliphatic carbocycles. The van der Waals surface area contributed by atoms with E-state index in [2.05, 4.69) is 87.6 Å². The quantitative estimate of drug-likeness (QED) is 0.815. The van der Waals surface area contributed by atoms with E-state index in [4.69, 9.17) is 4.99 Å². The second kappa shape index (κ2) is 8.16. The van der Waals surface area contributed by atoms with Crippen molar-refractivity contribution in [1.82, 2.24) is 0 Å². The number of nitrogens with one attached hydrogen (secondary N) is 1. The van der Waals surface area contributed by atoms with Crippen molar-refractivity contribution in [3.8, 4) is 0 Å². The summed E-state index contributed by atoms with van der Waals surface area (Å²) in [5.74, 6) is 0. The average molecular weight is 359 g/mol. The van der Waals surface area contributed by atoms with E-state index in [1.165, 1.54) is 8.92 Å². The van der Waals surface area contributed by atoms with Crippen molar-refractivity contribution in [2.45, 2.75) is 39.8 Å². The van der Waals surface area contributed by atoms with E-state index in [1.54, 1.807) is 0 Å². The van der Waals surface area contributed by atoms with Crippen LogP contribution >= 0.6 is 0 Å². The van der Waals surface area contributed by atoms with Gasteiger partial charge >= 0.3 is 140 Å². The van der Waals surface area contributed by atoms with Gasteiger partial charge < -0.3 is 0 Å². The van der Waals surface area contributed by atoms with Crippen molar-refractivity contribution < 1.29 is 0 Å². The fourth-order valence-corrected chi connectivity index (χ4v) is 3.83. The van der Waals surface area contributed by atoms with Crippen LogP contribution in [0.3, 0.4) is 0 Å². The Kier molecular flexibility index (Phi) is 6.23. The molecule has 0 amide bonds. The van der Waals surface area contributed by atoms with Gasteiger partial charge in [-0.05, 0) is 0 Å². The third-order valence-electron chi connectivity index (χ3n) is 2.92. The van der Waals surface area contributed by atoms with E-state index in [9.17, 15) is 0 Å². The van der Waals surface area contributed by atoms with E-state index < -0.39 is 0 Å². The molecule has 116 valence electrons. The van der Waals surface area contributed by atoms with Gasteiger partial charge in [0, 0.05) is 0 Å². The third kappa shape index (κ3) is 5.32. The molecule has 2 aromatic carbocycles. The van der Waals surface area contributed by atoms with Gasteiger partial charge in [-0.2, -0.15) is 0 Å². The van der Waals surface area contributed by atoms with Crippen LogP contribution in [0, 0.1) is 0 Å². The van der Waals surface area contributed by atoms with E-state index in [0.717, 1.165) is 11.0 Å². The maximum atomic E-state index is 4.75. The Hall–Kier alpha value is -1.57. The fraction of sp³-hybridized carbons (Fsp3) is 0.316. The molecule has 22 heavy (non-hydrogen) atoms. The normalized spacial score (nSPS) is 12.0. The molecular weight excluding hydrogens is 335 g/mol. The Morgan fingerprint density at radius 3 is 2.09 bits per heavy atom. The Bertz CT molecular complexity index is 664. The van der Waals surface area contributed by atoms with Gasteiger partial charge in [0.15, 0.2) is 0 Å². The molecule has 0 unspecified atom stereocenters. The number of anilines is 1. The summed E-state index contributed by atoms with van der Waals surface area (Å²) in [6.07, 6.45) is 0. The minimum atomic E-state index is 0.290. The topological polar surface area (TPSA) is 24.4 Å². The van der Waals surface area contributed by atoms with Gasteiger partial charge in [0.05, 0.1) is 0 Å². The van der Waals surface area contributed by atoms with Crippen LogP contribution in [-0.2, 0) is 0 Å². The van der Waals surface area contributed by atoms with Crippen molar-refractivity contribution in [1.29, 1.82) is 0 Å². The second-order valence-corrected chi connectivity index (χ2v) is 8.21. The zero-order valence-corrected chi connectivity index (χ0v) is 15.4. The van der Waals surface area contributed by atoms with Crippen LogP contribution in [0.4, 0.5) is 5.69 Å². The predicted octanol–water partition coefficient (Wildman–Crippen LogP) is 2.47. The van der Waals surface area contributed by atoms with Crippen LogP contribution in [0.5, 0.6) is 0 Å². The summed E-state index contributed by atoms with van der Waals surface area (Å²) in [6, 6.07) is 20.1. The number of nitrogens with zero attached hydrogens (tertiary/aromatic N) is 1. The molecule has 2 rings (SSSR count). The summed E-state index contributed by atoms with van der Waals surface area (Å²) in [6.45, 7) is 8.53. The van der Waals surface area contributed by atoms with Crippen LogP contribution < -0.4 is 19.6 Å². The van der Waals surface area contributed by atoms with E-state index in [0.29, 0.717) is 21.0 Å². The van der Waals surface area contributed by atoms with Crippen molar-refractivity contribution >= 4 is 29.6 Å². The van der Waals surface area contributed by atoms with Crippen LogP contribution in [0.25, 0.3) is 0 Å². The summed E-state index contributed by atoms with van der Waals surface area (Å²) in [7, 11) is 0. The maximum absolute atomic E-state index is 4.75. The molecule has 2 nitrogen and oxygen atoms in total. The van der Waals surface area contributed by atoms with Gasteiger partial charge in [0.2, 0.25) is 0 Å². The molecule has 0 radical (unpaired) electrons. The monoisotopic (exact) mass is 360 g/mol. The van der Waals surface area contributed by atoms with Crippen molar-refractivity contribution in [3.05, 3.63) is 60.0 Å². The molecule has 0 heterocycles. The fourth-order valence-electron chi connectivity index (χ4n) is 2.07.